The second-order valence-electron chi connectivity index (χ2n) is 5.09. The van der Waals surface area contributed by atoms with Crippen LogP contribution in [0.2, 0.25) is 0 Å². The van der Waals surface area contributed by atoms with Gasteiger partial charge in [0.15, 0.2) is 0 Å². The van der Waals surface area contributed by atoms with Crippen LogP contribution in [0, 0.1) is 11.3 Å². The second-order valence-corrected chi connectivity index (χ2v) is 5.09. The zero-order valence-electron chi connectivity index (χ0n) is 9.01. The highest BCUT2D eigenvalue weighted by molar-refractivity contribution is 4.95. The van der Waals surface area contributed by atoms with E-state index in [0.29, 0.717) is 5.41 Å². The minimum Gasteiger partial charge on any atom is -0.304 e. The van der Waals surface area contributed by atoms with E-state index in [1.807, 2.05) is 0 Å². The summed E-state index contributed by atoms with van der Waals surface area (Å²) < 4.78 is 0. The lowest BCUT2D eigenvalue weighted by Gasteiger charge is -2.53. The van der Waals surface area contributed by atoms with Crippen LogP contribution in [0.15, 0.2) is 0 Å². The molecule has 2 heterocycles. The molecule has 2 atom stereocenters. The molecular weight excluding hydrogens is 162 g/mol. The molecule has 0 aliphatic carbocycles. The Kier molecular flexibility index (Phi) is 2.34. The summed E-state index contributed by atoms with van der Waals surface area (Å²) in [5, 5.41) is 3.53. The molecule has 0 saturated carbocycles. The molecule has 2 bridgehead atoms. The molecule has 2 unspecified atom stereocenters. The highest BCUT2D eigenvalue weighted by atomic mass is 15.4. The second kappa shape index (κ2) is 3.23. The Bertz CT molecular complexity index is 189. The van der Waals surface area contributed by atoms with Gasteiger partial charge in [-0.3, -0.25) is 9.80 Å². The third kappa shape index (κ3) is 1.60. The topological polar surface area (TPSA) is 18.5 Å². The van der Waals surface area contributed by atoms with E-state index in [4.69, 9.17) is 0 Å². The van der Waals surface area contributed by atoms with Gasteiger partial charge in [-0.15, -0.1) is 0 Å². The van der Waals surface area contributed by atoms with E-state index in [0.717, 1.165) is 19.3 Å². The SMILES string of the molecule is CC(C)C12CNCN(CN(C)C1)C2. The van der Waals surface area contributed by atoms with Crippen molar-refractivity contribution in [3.05, 3.63) is 0 Å². The zero-order chi connectivity index (χ0) is 9.47. The smallest absolute Gasteiger partial charge is 0.0515 e. The third-order valence-electron chi connectivity index (χ3n) is 3.60. The Balaban J connectivity index is 2.15. The molecule has 0 aromatic heterocycles. The molecule has 2 fully saturated rings. The van der Waals surface area contributed by atoms with Gasteiger partial charge in [0.2, 0.25) is 0 Å². The van der Waals surface area contributed by atoms with Gasteiger partial charge < -0.3 is 5.32 Å². The lowest BCUT2D eigenvalue weighted by Crippen LogP contribution is -2.65. The van der Waals surface area contributed by atoms with E-state index in [2.05, 4.69) is 36.0 Å². The summed E-state index contributed by atoms with van der Waals surface area (Å²) >= 11 is 0. The number of fused-ring (bicyclic) bond motifs is 2. The molecule has 1 N–H and O–H groups in total. The van der Waals surface area contributed by atoms with Crippen molar-refractivity contribution >= 4 is 0 Å². The van der Waals surface area contributed by atoms with Crippen LogP contribution in [-0.4, -0.2) is 49.8 Å². The normalized spacial score (nSPS) is 41.1. The Hall–Kier alpha value is -0.120. The van der Waals surface area contributed by atoms with E-state index < -0.39 is 0 Å². The molecule has 0 aromatic carbocycles. The molecule has 2 aliphatic rings. The van der Waals surface area contributed by atoms with Crippen molar-refractivity contribution in [3.8, 4) is 0 Å². The van der Waals surface area contributed by atoms with Gasteiger partial charge in [0.25, 0.3) is 0 Å². The lowest BCUT2D eigenvalue weighted by molar-refractivity contribution is -0.0540. The first-order valence-electron chi connectivity index (χ1n) is 5.24. The number of nitrogens with zero attached hydrogens (tertiary/aromatic N) is 2. The average molecular weight is 183 g/mol. The minimum atomic E-state index is 0.491. The Morgan fingerprint density at radius 3 is 2.77 bits per heavy atom. The van der Waals surface area contributed by atoms with Gasteiger partial charge in [0.1, 0.15) is 0 Å². The highest BCUT2D eigenvalue weighted by Gasteiger charge is 2.42. The van der Waals surface area contributed by atoms with Gasteiger partial charge in [0.05, 0.1) is 6.67 Å². The zero-order valence-corrected chi connectivity index (χ0v) is 9.01. The van der Waals surface area contributed by atoms with Gasteiger partial charge in [-0.2, -0.15) is 0 Å². The van der Waals surface area contributed by atoms with Crippen molar-refractivity contribution < 1.29 is 0 Å². The van der Waals surface area contributed by atoms with Crippen LogP contribution >= 0.6 is 0 Å². The van der Waals surface area contributed by atoms with E-state index in [-0.39, 0.29) is 0 Å². The van der Waals surface area contributed by atoms with E-state index in [1.54, 1.807) is 0 Å². The molecule has 13 heavy (non-hydrogen) atoms. The summed E-state index contributed by atoms with van der Waals surface area (Å²) in [6.45, 7) is 10.6. The van der Waals surface area contributed by atoms with Gasteiger partial charge in [0, 0.05) is 31.7 Å². The summed E-state index contributed by atoms with van der Waals surface area (Å²) in [7, 11) is 2.23. The fourth-order valence-corrected chi connectivity index (χ4v) is 2.72. The van der Waals surface area contributed by atoms with Gasteiger partial charge in [-0.05, 0) is 13.0 Å². The van der Waals surface area contributed by atoms with Crippen LogP contribution in [0.4, 0.5) is 0 Å². The Morgan fingerprint density at radius 1 is 1.31 bits per heavy atom. The number of hydrogen-bond acceptors (Lipinski definition) is 3. The fraction of sp³-hybridized carbons (Fsp3) is 1.00. The predicted molar refractivity (Wildman–Crippen MR) is 54.3 cm³/mol. The van der Waals surface area contributed by atoms with Crippen molar-refractivity contribution in [1.29, 1.82) is 0 Å². The first-order chi connectivity index (χ1) is 6.12. The molecule has 3 heteroatoms. The minimum absolute atomic E-state index is 0.491. The van der Waals surface area contributed by atoms with Crippen molar-refractivity contribution in [2.75, 3.05) is 40.0 Å². The lowest BCUT2D eigenvalue weighted by atomic mass is 9.74. The van der Waals surface area contributed by atoms with Crippen LogP contribution in [-0.2, 0) is 0 Å². The molecule has 2 saturated heterocycles. The van der Waals surface area contributed by atoms with Crippen LogP contribution in [0.3, 0.4) is 0 Å². The first kappa shape index (κ1) is 9.44. The van der Waals surface area contributed by atoms with Gasteiger partial charge in [-0.1, -0.05) is 13.8 Å². The maximum Gasteiger partial charge on any atom is 0.0515 e. The first-order valence-corrected chi connectivity index (χ1v) is 5.24. The van der Waals surface area contributed by atoms with Crippen molar-refractivity contribution in [2.24, 2.45) is 11.3 Å². The van der Waals surface area contributed by atoms with Crippen molar-refractivity contribution in [1.82, 2.24) is 15.1 Å². The summed E-state index contributed by atoms with van der Waals surface area (Å²) in [6.07, 6.45) is 0. The maximum absolute atomic E-state index is 3.53. The van der Waals surface area contributed by atoms with Crippen molar-refractivity contribution in [2.45, 2.75) is 13.8 Å². The molecule has 0 aromatic rings. The molecule has 0 spiro atoms. The number of hydrogen-bond donors (Lipinski definition) is 1. The molecule has 2 aliphatic heterocycles. The van der Waals surface area contributed by atoms with Crippen LogP contribution < -0.4 is 5.32 Å². The van der Waals surface area contributed by atoms with Crippen LogP contribution in [0.1, 0.15) is 13.8 Å². The molecule has 0 amide bonds. The molecule has 2 rings (SSSR count). The summed E-state index contributed by atoms with van der Waals surface area (Å²) in [4.78, 5) is 4.96. The average Bonchev–Trinajstić information content (AvgIpc) is 2.02. The summed E-state index contributed by atoms with van der Waals surface area (Å²) in [5.41, 5.74) is 0.491. The molecule has 3 nitrogen and oxygen atoms in total. The largest absolute Gasteiger partial charge is 0.304 e. The fourth-order valence-electron chi connectivity index (χ4n) is 2.72. The van der Waals surface area contributed by atoms with E-state index >= 15 is 0 Å². The van der Waals surface area contributed by atoms with Crippen LogP contribution in [0.25, 0.3) is 0 Å². The quantitative estimate of drug-likeness (QED) is 0.634. The Labute approximate surface area is 81.1 Å². The maximum atomic E-state index is 3.53. The van der Waals surface area contributed by atoms with E-state index in [1.165, 1.54) is 19.6 Å². The monoisotopic (exact) mass is 183 g/mol. The van der Waals surface area contributed by atoms with Crippen LogP contribution in [0.5, 0.6) is 0 Å². The highest BCUT2D eigenvalue weighted by Crippen LogP contribution is 2.33. The van der Waals surface area contributed by atoms with Crippen molar-refractivity contribution in [3.63, 3.8) is 0 Å². The molecule has 76 valence electrons. The molecular formula is C10H21N3. The van der Waals surface area contributed by atoms with E-state index in [9.17, 15) is 0 Å². The van der Waals surface area contributed by atoms with Gasteiger partial charge >= 0.3 is 0 Å². The van der Waals surface area contributed by atoms with Gasteiger partial charge in [-0.25, -0.2) is 0 Å². The standard InChI is InChI=1S/C10H21N3/c1-9(2)10-4-11-7-13(6-10)8-12(3)5-10/h9,11H,4-8H2,1-3H3. The molecule has 0 radical (unpaired) electrons. The summed E-state index contributed by atoms with van der Waals surface area (Å²) in [5.74, 6) is 0.769. The number of rotatable bonds is 1. The number of nitrogens with one attached hydrogen (secondary N) is 1. The summed E-state index contributed by atoms with van der Waals surface area (Å²) in [6, 6.07) is 0. The third-order valence-corrected chi connectivity index (χ3v) is 3.60. The Morgan fingerprint density at radius 2 is 2.08 bits per heavy atom. The predicted octanol–water partition coefficient (Wildman–Crippen LogP) is 0.394.